The number of aromatic nitrogens is 1. The minimum Gasteiger partial charge on any atom is -0.347 e. The second-order valence-corrected chi connectivity index (χ2v) is 4.09. The Morgan fingerprint density at radius 3 is 2.56 bits per heavy atom. The Kier molecular flexibility index (Phi) is 3.74. The first-order valence-corrected chi connectivity index (χ1v) is 5.78. The number of rotatable bonds is 5. The van der Waals surface area contributed by atoms with Gasteiger partial charge in [-0.25, -0.2) is 0 Å². The van der Waals surface area contributed by atoms with Gasteiger partial charge < -0.3 is 10.3 Å². The molecular weight excluding hydrogens is 230 g/mol. The number of hydrogen-bond donors (Lipinski definition) is 1. The van der Waals surface area contributed by atoms with Gasteiger partial charge in [-0.1, -0.05) is 12.1 Å². The third kappa shape index (κ3) is 2.75. The third-order valence-electron chi connectivity index (χ3n) is 2.82. The van der Waals surface area contributed by atoms with Crippen LogP contribution in [-0.2, 0) is 13.0 Å². The Morgan fingerprint density at radius 2 is 1.94 bits per heavy atom. The molecule has 2 aromatic rings. The molecule has 5 nitrogen and oxygen atoms in total. The van der Waals surface area contributed by atoms with Crippen molar-refractivity contribution in [2.45, 2.75) is 13.0 Å². The molecule has 2 N–H and O–H groups in total. The zero-order valence-corrected chi connectivity index (χ0v) is 9.95. The summed E-state index contributed by atoms with van der Waals surface area (Å²) in [6.07, 6.45) is 2.83. The van der Waals surface area contributed by atoms with E-state index >= 15 is 0 Å². The Bertz CT molecular complexity index is 531. The fourth-order valence-electron chi connectivity index (χ4n) is 1.90. The highest BCUT2D eigenvalue weighted by molar-refractivity contribution is 5.33. The fraction of sp³-hybridized carbons (Fsp3) is 0.231. The average Bonchev–Trinajstić information content (AvgIpc) is 2.78. The zero-order chi connectivity index (χ0) is 13.0. The monoisotopic (exact) mass is 245 g/mol. The number of benzene rings is 1. The van der Waals surface area contributed by atoms with Gasteiger partial charge in [-0.3, -0.25) is 10.1 Å². The van der Waals surface area contributed by atoms with Crippen LogP contribution in [0.5, 0.6) is 0 Å². The van der Waals surface area contributed by atoms with E-state index in [1.165, 1.54) is 17.8 Å². The smallest absolute Gasteiger partial charge is 0.269 e. The first-order chi connectivity index (χ1) is 8.70. The summed E-state index contributed by atoms with van der Waals surface area (Å²) < 4.78 is 2.11. The van der Waals surface area contributed by atoms with E-state index < -0.39 is 0 Å². The molecule has 0 aliphatic carbocycles. The molecule has 0 saturated carbocycles. The molecule has 0 radical (unpaired) electrons. The lowest BCUT2D eigenvalue weighted by Gasteiger charge is -2.08. The molecule has 1 aromatic heterocycles. The van der Waals surface area contributed by atoms with Crippen molar-refractivity contribution in [1.29, 1.82) is 0 Å². The number of nitrogens with two attached hydrogens (primary N) is 1. The largest absolute Gasteiger partial charge is 0.347 e. The van der Waals surface area contributed by atoms with Gasteiger partial charge in [-0.15, -0.1) is 0 Å². The summed E-state index contributed by atoms with van der Waals surface area (Å²) in [4.78, 5) is 10.2. The molecule has 1 aromatic carbocycles. The van der Waals surface area contributed by atoms with Crippen molar-refractivity contribution in [2.75, 3.05) is 6.54 Å². The molecule has 5 heteroatoms. The van der Waals surface area contributed by atoms with E-state index in [0.717, 1.165) is 12.0 Å². The average molecular weight is 245 g/mol. The van der Waals surface area contributed by atoms with E-state index in [0.29, 0.717) is 13.1 Å². The van der Waals surface area contributed by atoms with Crippen LogP contribution in [-0.4, -0.2) is 16.0 Å². The van der Waals surface area contributed by atoms with Gasteiger partial charge in [-0.2, -0.15) is 0 Å². The summed E-state index contributed by atoms with van der Waals surface area (Å²) in [6, 6.07) is 10.6. The van der Waals surface area contributed by atoms with Gasteiger partial charge in [0.15, 0.2) is 0 Å². The van der Waals surface area contributed by atoms with Crippen LogP contribution in [0.3, 0.4) is 0 Å². The molecule has 0 fully saturated rings. The molecule has 2 rings (SSSR count). The minimum atomic E-state index is -0.390. The molecule has 1 heterocycles. The van der Waals surface area contributed by atoms with Crippen LogP contribution in [0.4, 0.5) is 5.69 Å². The second-order valence-electron chi connectivity index (χ2n) is 4.09. The molecule has 0 aliphatic heterocycles. The van der Waals surface area contributed by atoms with Crippen LogP contribution in [0.2, 0.25) is 0 Å². The maximum atomic E-state index is 10.6. The number of non-ortho nitro benzene ring substituents is 1. The molecule has 0 bridgehead atoms. The van der Waals surface area contributed by atoms with Crippen LogP contribution >= 0.6 is 0 Å². The van der Waals surface area contributed by atoms with Crippen LogP contribution in [0.1, 0.15) is 11.3 Å². The summed E-state index contributed by atoms with van der Waals surface area (Å²) in [5.74, 6) is 0. The van der Waals surface area contributed by atoms with E-state index in [4.69, 9.17) is 5.73 Å². The van der Waals surface area contributed by atoms with Crippen molar-refractivity contribution in [1.82, 2.24) is 4.57 Å². The number of nitrogens with zero attached hydrogens (tertiary/aromatic N) is 2. The predicted octanol–water partition coefficient (Wildman–Crippen LogP) is 1.95. The van der Waals surface area contributed by atoms with Gasteiger partial charge in [0.25, 0.3) is 5.69 Å². The Balaban J connectivity index is 2.13. The molecule has 0 unspecified atom stereocenters. The number of hydrogen-bond acceptors (Lipinski definition) is 3. The van der Waals surface area contributed by atoms with Crippen LogP contribution in [0.25, 0.3) is 0 Å². The van der Waals surface area contributed by atoms with Crippen molar-refractivity contribution >= 4 is 5.69 Å². The van der Waals surface area contributed by atoms with Crippen LogP contribution in [0.15, 0.2) is 42.6 Å². The second kappa shape index (κ2) is 5.46. The maximum absolute atomic E-state index is 10.6. The van der Waals surface area contributed by atoms with Gasteiger partial charge in [-0.05, 0) is 30.7 Å². The van der Waals surface area contributed by atoms with Gasteiger partial charge in [0.05, 0.1) is 4.92 Å². The molecule has 0 atom stereocenters. The summed E-state index contributed by atoms with van der Waals surface area (Å²) in [5.41, 5.74) is 7.88. The predicted molar refractivity (Wildman–Crippen MR) is 69.4 cm³/mol. The third-order valence-corrected chi connectivity index (χ3v) is 2.82. The summed E-state index contributed by atoms with van der Waals surface area (Å²) in [6.45, 7) is 1.32. The van der Waals surface area contributed by atoms with E-state index in [2.05, 4.69) is 4.57 Å². The van der Waals surface area contributed by atoms with Crippen molar-refractivity contribution in [3.05, 3.63) is 64.0 Å². The molecule has 0 amide bonds. The standard InChI is InChI=1S/C13H15N3O2/c14-8-7-12-2-1-9-15(12)10-11-3-5-13(6-4-11)16(17)18/h1-6,9H,7-8,10,14H2. The topological polar surface area (TPSA) is 74.1 Å². The van der Waals surface area contributed by atoms with Crippen molar-refractivity contribution in [3.63, 3.8) is 0 Å². The number of nitro benzene ring substituents is 1. The zero-order valence-electron chi connectivity index (χ0n) is 9.95. The maximum Gasteiger partial charge on any atom is 0.269 e. The van der Waals surface area contributed by atoms with E-state index in [1.54, 1.807) is 12.1 Å². The Labute approximate surface area is 105 Å². The highest BCUT2D eigenvalue weighted by atomic mass is 16.6. The summed E-state index contributed by atoms with van der Waals surface area (Å²) in [5, 5.41) is 10.6. The first kappa shape index (κ1) is 12.3. The van der Waals surface area contributed by atoms with Gasteiger partial charge in [0.1, 0.15) is 0 Å². The summed E-state index contributed by atoms with van der Waals surface area (Å²) in [7, 11) is 0. The highest BCUT2D eigenvalue weighted by Crippen LogP contribution is 2.14. The summed E-state index contributed by atoms with van der Waals surface area (Å²) >= 11 is 0. The van der Waals surface area contributed by atoms with Gasteiger partial charge in [0.2, 0.25) is 0 Å². The lowest BCUT2D eigenvalue weighted by molar-refractivity contribution is -0.384. The molecule has 94 valence electrons. The van der Waals surface area contributed by atoms with E-state index in [1.807, 2.05) is 18.3 Å². The SMILES string of the molecule is NCCc1cccn1Cc1ccc([N+](=O)[O-])cc1. The quantitative estimate of drug-likeness (QED) is 0.646. The lowest BCUT2D eigenvalue weighted by Crippen LogP contribution is -2.09. The Morgan fingerprint density at radius 1 is 1.22 bits per heavy atom. The van der Waals surface area contributed by atoms with Crippen molar-refractivity contribution in [3.8, 4) is 0 Å². The molecule has 0 spiro atoms. The van der Waals surface area contributed by atoms with E-state index in [9.17, 15) is 10.1 Å². The van der Waals surface area contributed by atoms with Gasteiger partial charge >= 0.3 is 0 Å². The van der Waals surface area contributed by atoms with Gasteiger partial charge in [0, 0.05) is 30.6 Å². The minimum absolute atomic E-state index is 0.119. The molecule has 18 heavy (non-hydrogen) atoms. The normalized spacial score (nSPS) is 10.5. The highest BCUT2D eigenvalue weighted by Gasteiger charge is 2.05. The van der Waals surface area contributed by atoms with Crippen molar-refractivity contribution in [2.24, 2.45) is 5.73 Å². The molecular formula is C13H15N3O2. The fourth-order valence-corrected chi connectivity index (χ4v) is 1.90. The molecule has 0 saturated heterocycles. The molecule has 0 aliphatic rings. The first-order valence-electron chi connectivity index (χ1n) is 5.78. The van der Waals surface area contributed by atoms with Crippen LogP contribution < -0.4 is 5.73 Å². The lowest BCUT2D eigenvalue weighted by atomic mass is 10.2. The van der Waals surface area contributed by atoms with E-state index in [-0.39, 0.29) is 10.6 Å². The van der Waals surface area contributed by atoms with Crippen molar-refractivity contribution < 1.29 is 4.92 Å². The number of nitro groups is 1. The van der Waals surface area contributed by atoms with Crippen LogP contribution in [0, 0.1) is 10.1 Å². The Hall–Kier alpha value is -2.14.